The van der Waals surface area contributed by atoms with E-state index in [1.54, 1.807) is 4.57 Å². The van der Waals surface area contributed by atoms with E-state index in [1.807, 2.05) is 0 Å². The Balaban J connectivity index is 1.79. The largest absolute Gasteiger partial charge is 0.477 e. The van der Waals surface area contributed by atoms with Gasteiger partial charge in [0.05, 0.1) is 5.39 Å². The molecule has 2 aromatic rings. The lowest BCUT2D eigenvalue weighted by Crippen LogP contribution is -2.31. The van der Waals surface area contributed by atoms with Crippen LogP contribution in [0.3, 0.4) is 0 Å². The summed E-state index contributed by atoms with van der Waals surface area (Å²) in [6.45, 7) is 0.256. The van der Waals surface area contributed by atoms with E-state index in [0.29, 0.717) is 0 Å². The number of alkyl halides is 2. The van der Waals surface area contributed by atoms with Gasteiger partial charge in [-0.05, 0) is 31.7 Å². The number of hydrogen-bond donors (Lipinski definition) is 2. The molecule has 1 aliphatic heterocycles. The molecular weight excluding hydrogens is 391 g/mol. The van der Waals surface area contributed by atoms with Crippen molar-refractivity contribution in [3.05, 3.63) is 33.9 Å². The van der Waals surface area contributed by atoms with E-state index < -0.39 is 41.2 Å². The summed E-state index contributed by atoms with van der Waals surface area (Å²) in [6.07, 6.45) is -0.636. The fraction of sp³-hybridized carbons (Fsp3) is 0.526. The number of nitrogens with zero attached hydrogens (tertiary/aromatic N) is 3. The number of carbonyl (C=O) groups is 1. The van der Waals surface area contributed by atoms with E-state index >= 15 is 0 Å². The number of carboxylic acids is 1. The van der Waals surface area contributed by atoms with E-state index in [4.69, 9.17) is 0 Å². The molecule has 2 unspecified atom stereocenters. The molecule has 2 atom stereocenters. The summed E-state index contributed by atoms with van der Waals surface area (Å²) in [7, 11) is 0. The maximum atomic E-state index is 14.8. The molecule has 1 saturated carbocycles. The highest BCUT2D eigenvalue weighted by atomic mass is 19.3. The Labute approximate surface area is 163 Å². The van der Waals surface area contributed by atoms with Crippen molar-refractivity contribution in [2.75, 3.05) is 18.0 Å². The molecule has 156 valence electrons. The number of aliphatic hydroxyl groups is 1. The molecule has 0 aromatic carbocycles. The Kier molecular flexibility index (Phi) is 4.97. The minimum Gasteiger partial charge on any atom is -0.477 e. The topological polar surface area (TPSA) is 95.7 Å². The predicted octanol–water partition coefficient (Wildman–Crippen LogP) is 2.41. The minimum absolute atomic E-state index is 0.0157. The van der Waals surface area contributed by atoms with Crippen LogP contribution in [0.25, 0.3) is 11.0 Å². The third-order valence-electron chi connectivity index (χ3n) is 5.90. The summed E-state index contributed by atoms with van der Waals surface area (Å²) in [5.74, 6) is -3.02. The van der Waals surface area contributed by atoms with E-state index in [9.17, 15) is 33.0 Å². The van der Waals surface area contributed by atoms with Gasteiger partial charge in [-0.2, -0.15) is 0 Å². The van der Waals surface area contributed by atoms with Crippen LogP contribution < -0.4 is 10.3 Å². The molecule has 2 fully saturated rings. The average molecular weight is 411 g/mol. The molecule has 0 spiro atoms. The molecule has 2 aliphatic rings. The number of rotatable bonds is 5. The van der Waals surface area contributed by atoms with E-state index in [2.05, 4.69) is 4.98 Å². The van der Waals surface area contributed by atoms with Crippen LogP contribution in [0.5, 0.6) is 0 Å². The molecule has 2 N–H and O–H groups in total. The normalized spacial score (nSPS) is 21.0. The molecule has 7 nitrogen and oxygen atoms in total. The molecule has 3 heterocycles. The van der Waals surface area contributed by atoms with Crippen molar-refractivity contribution in [1.82, 2.24) is 9.55 Å². The van der Waals surface area contributed by atoms with Crippen LogP contribution in [0.1, 0.15) is 42.1 Å². The number of halogens is 3. The van der Waals surface area contributed by atoms with Gasteiger partial charge in [0.1, 0.15) is 17.3 Å². The van der Waals surface area contributed by atoms with Gasteiger partial charge in [-0.15, -0.1) is 0 Å². The van der Waals surface area contributed by atoms with Gasteiger partial charge in [0, 0.05) is 31.2 Å². The Morgan fingerprint density at radius 3 is 2.59 bits per heavy atom. The van der Waals surface area contributed by atoms with Crippen LogP contribution >= 0.6 is 0 Å². The smallest absolute Gasteiger partial charge is 0.341 e. The number of carboxylic acid groups (broad SMARTS) is 1. The summed E-state index contributed by atoms with van der Waals surface area (Å²) in [6, 6.07) is 0.937. The third kappa shape index (κ3) is 3.35. The molecular formula is C19H20F3N3O4. The van der Waals surface area contributed by atoms with Crippen molar-refractivity contribution in [2.24, 2.45) is 5.92 Å². The van der Waals surface area contributed by atoms with Crippen LogP contribution in [0.2, 0.25) is 0 Å². The Bertz CT molecular complexity index is 1020. The fourth-order valence-corrected chi connectivity index (χ4v) is 4.02. The summed E-state index contributed by atoms with van der Waals surface area (Å²) in [4.78, 5) is 29.8. The van der Waals surface area contributed by atoms with Gasteiger partial charge >= 0.3 is 5.97 Å². The first-order valence-corrected chi connectivity index (χ1v) is 9.47. The van der Waals surface area contributed by atoms with Crippen LogP contribution in [-0.4, -0.2) is 51.4 Å². The van der Waals surface area contributed by atoms with E-state index in [-0.39, 0.29) is 42.4 Å². The molecule has 1 saturated heterocycles. The number of fused-ring (bicyclic) bond motifs is 1. The molecule has 0 radical (unpaired) electrons. The first-order valence-electron chi connectivity index (χ1n) is 9.47. The lowest BCUT2D eigenvalue weighted by atomic mass is 9.92. The first kappa shape index (κ1) is 19.7. The number of aliphatic hydroxyl groups excluding tert-OH is 1. The van der Waals surface area contributed by atoms with Gasteiger partial charge < -0.3 is 19.7 Å². The lowest BCUT2D eigenvalue weighted by molar-refractivity contribution is -0.0335. The third-order valence-corrected chi connectivity index (χ3v) is 5.90. The molecule has 29 heavy (non-hydrogen) atoms. The van der Waals surface area contributed by atoms with Gasteiger partial charge in [0.2, 0.25) is 5.43 Å². The maximum Gasteiger partial charge on any atom is 0.341 e. The van der Waals surface area contributed by atoms with Crippen LogP contribution in [0.4, 0.5) is 19.0 Å². The Morgan fingerprint density at radius 1 is 1.28 bits per heavy atom. The maximum absolute atomic E-state index is 14.8. The standard InChI is InChI=1S/C19H20F3N3O4/c20-13-6-11-15(27)12(19(28)29)8-25(10-2-1-3-10)17(11)23-18(13)24-5-4-9(7-24)14(26)16(21)22/h6,8-10,14,16,26H,1-5,7H2,(H,28,29). The number of anilines is 1. The van der Waals surface area contributed by atoms with Crippen molar-refractivity contribution in [3.8, 4) is 0 Å². The summed E-state index contributed by atoms with van der Waals surface area (Å²) in [5.41, 5.74) is -1.08. The lowest BCUT2D eigenvalue weighted by Gasteiger charge is -2.30. The number of aromatic carboxylic acids is 1. The van der Waals surface area contributed by atoms with Crippen molar-refractivity contribution in [3.63, 3.8) is 0 Å². The monoisotopic (exact) mass is 411 g/mol. The van der Waals surface area contributed by atoms with Gasteiger partial charge in [0.15, 0.2) is 11.6 Å². The van der Waals surface area contributed by atoms with Gasteiger partial charge in [0.25, 0.3) is 6.43 Å². The van der Waals surface area contributed by atoms with Crippen molar-refractivity contribution >= 4 is 22.8 Å². The fourth-order valence-electron chi connectivity index (χ4n) is 4.02. The summed E-state index contributed by atoms with van der Waals surface area (Å²) < 4.78 is 42.0. The number of aromatic nitrogens is 2. The van der Waals surface area contributed by atoms with Gasteiger partial charge in [-0.25, -0.2) is 22.9 Å². The zero-order valence-electron chi connectivity index (χ0n) is 15.4. The highest BCUT2D eigenvalue weighted by Gasteiger charge is 2.35. The van der Waals surface area contributed by atoms with Crippen LogP contribution in [0.15, 0.2) is 17.1 Å². The number of hydrogen-bond acceptors (Lipinski definition) is 5. The highest BCUT2D eigenvalue weighted by Crippen LogP contribution is 2.35. The molecule has 1 aliphatic carbocycles. The molecule has 4 rings (SSSR count). The second-order valence-corrected chi connectivity index (χ2v) is 7.65. The van der Waals surface area contributed by atoms with Crippen molar-refractivity contribution < 1.29 is 28.2 Å². The van der Waals surface area contributed by atoms with E-state index in [0.717, 1.165) is 25.3 Å². The zero-order valence-corrected chi connectivity index (χ0v) is 15.4. The van der Waals surface area contributed by atoms with Crippen LogP contribution in [-0.2, 0) is 0 Å². The molecule has 2 aromatic heterocycles. The molecule has 0 amide bonds. The molecule has 10 heteroatoms. The second kappa shape index (κ2) is 7.33. The summed E-state index contributed by atoms with van der Waals surface area (Å²) in [5, 5.41) is 18.8. The van der Waals surface area contributed by atoms with Gasteiger partial charge in [-0.3, -0.25) is 4.79 Å². The zero-order chi connectivity index (χ0) is 20.9. The number of pyridine rings is 2. The van der Waals surface area contributed by atoms with Gasteiger partial charge in [-0.1, -0.05) is 0 Å². The van der Waals surface area contributed by atoms with E-state index in [1.165, 1.54) is 11.1 Å². The Hall–Kier alpha value is -2.62. The minimum atomic E-state index is -2.88. The quantitative estimate of drug-likeness (QED) is 0.785. The second-order valence-electron chi connectivity index (χ2n) is 7.65. The van der Waals surface area contributed by atoms with Crippen molar-refractivity contribution in [2.45, 2.75) is 44.3 Å². The molecule has 0 bridgehead atoms. The SMILES string of the molecule is O=C(O)c1cn(C2CCC2)c2nc(N3CCC(C(O)C(F)F)C3)c(F)cc2c1=O. The van der Waals surface area contributed by atoms with Crippen LogP contribution in [0, 0.1) is 11.7 Å². The highest BCUT2D eigenvalue weighted by molar-refractivity contribution is 5.92. The first-order chi connectivity index (χ1) is 13.8. The average Bonchev–Trinajstić information content (AvgIpc) is 3.10. The summed E-state index contributed by atoms with van der Waals surface area (Å²) >= 11 is 0. The van der Waals surface area contributed by atoms with Crippen molar-refractivity contribution in [1.29, 1.82) is 0 Å². The predicted molar refractivity (Wildman–Crippen MR) is 98.1 cm³/mol. The Morgan fingerprint density at radius 2 is 2.00 bits per heavy atom.